The van der Waals surface area contributed by atoms with Gasteiger partial charge in [-0.1, -0.05) is 104 Å². The molecule has 5 rings (SSSR count). The van der Waals surface area contributed by atoms with Crippen molar-refractivity contribution in [1.82, 2.24) is 15.1 Å². The SMILES string of the molecule is C=C(C)C(=O)NCCCN(Cc1ccccc1B(O)O)Cc1c2ccccc2c(CN(CCC(=O)O)Cc2ccccc2B(O)O)c2ccccc12. The highest BCUT2D eigenvalue weighted by molar-refractivity contribution is 6.59. The summed E-state index contributed by atoms with van der Waals surface area (Å²) >= 11 is 0. The molecule has 5 aromatic rings. The zero-order valence-electron chi connectivity index (χ0n) is 29.4. The highest BCUT2D eigenvalue weighted by atomic mass is 16.4. The fourth-order valence-corrected chi connectivity index (χ4v) is 6.78. The molecular formula is C40H45B2N3O7. The summed E-state index contributed by atoms with van der Waals surface area (Å²) in [6, 6.07) is 30.6. The molecule has 6 N–H and O–H groups in total. The largest absolute Gasteiger partial charge is 0.488 e. The first-order valence-corrected chi connectivity index (χ1v) is 17.4. The lowest BCUT2D eigenvalue weighted by atomic mass is 9.77. The average molecular weight is 701 g/mol. The minimum Gasteiger partial charge on any atom is -0.481 e. The van der Waals surface area contributed by atoms with Gasteiger partial charge in [-0.15, -0.1) is 0 Å². The smallest absolute Gasteiger partial charge is 0.481 e. The molecule has 0 saturated carbocycles. The summed E-state index contributed by atoms with van der Waals surface area (Å²) in [5, 5.41) is 57.0. The number of nitrogens with one attached hydrogen (secondary N) is 1. The lowest BCUT2D eigenvalue weighted by Gasteiger charge is -2.28. The summed E-state index contributed by atoms with van der Waals surface area (Å²) in [4.78, 5) is 28.2. The lowest BCUT2D eigenvalue weighted by Crippen LogP contribution is -2.36. The number of carboxylic acids is 1. The Morgan fingerprint density at radius 1 is 0.635 bits per heavy atom. The van der Waals surface area contributed by atoms with E-state index in [9.17, 15) is 34.8 Å². The standard InChI is InChI=1S/C40H45B2N3O7/c1-28(2)40(48)43-21-11-22-44(24-29-12-3-9-18-37(29)41(49)50)26-35-31-14-5-7-16-33(31)36(34-17-8-6-15-32(34)35)27-45(23-20-39(46)47)25-30-13-4-10-19-38(30)42(51)52/h3-10,12-19,49-52H,1,11,20-27H2,2H3,(H,43,48)(H,46,47). The molecule has 0 radical (unpaired) electrons. The van der Waals surface area contributed by atoms with E-state index in [2.05, 4.69) is 41.1 Å². The number of carboxylic acid groups (broad SMARTS) is 1. The Morgan fingerprint density at radius 2 is 1.04 bits per heavy atom. The van der Waals surface area contributed by atoms with E-state index >= 15 is 0 Å². The van der Waals surface area contributed by atoms with Crippen LogP contribution < -0.4 is 16.2 Å². The number of fused-ring (bicyclic) bond motifs is 2. The van der Waals surface area contributed by atoms with Gasteiger partial charge in [-0.2, -0.15) is 0 Å². The van der Waals surface area contributed by atoms with Gasteiger partial charge in [0.15, 0.2) is 0 Å². The van der Waals surface area contributed by atoms with Gasteiger partial charge in [0.05, 0.1) is 6.42 Å². The number of amides is 1. The van der Waals surface area contributed by atoms with Crippen LogP contribution in [0, 0.1) is 0 Å². The normalized spacial score (nSPS) is 11.4. The number of hydrogen-bond acceptors (Lipinski definition) is 8. The molecule has 10 nitrogen and oxygen atoms in total. The van der Waals surface area contributed by atoms with Gasteiger partial charge < -0.3 is 30.5 Å². The molecule has 0 aliphatic carbocycles. The summed E-state index contributed by atoms with van der Waals surface area (Å²) in [5.41, 5.74) is 4.87. The molecule has 0 aliphatic heterocycles. The molecule has 0 aromatic heterocycles. The minimum absolute atomic E-state index is 0.0798. The van der Waals surface area contributed by atoms with Crippen LogP contribution in [0.15, 0.2) is 109 Å². The van der Waals surface area contributed by atoms with Crippen LogP contribution in [0.2, 0.25) is 0 Å². The van der Waals surface area contributed by atoms with E-state index in [1.54, 1.807) is 31.2 Å². The van der Waals surface area contributed by atoms with Gasteiger partial charge in [-0.25, -0.2) is 0 Å². The second kappa shape index (κ2) is 18.1. The van der Waals surface area contributed by atoms with E-state index < -0.39 is 20.2 Å². The molecule has 0 atom stereocenters. The average Bonchev–Trinajstić information content (AvgIpc) is 3.13. The van der Waals surface area contributed by atoms with Crippen LogP contribution in [-0.4, -0.2) is 80.7 Å². The summed E-state index contributed by atoms with van der Waals surface area (Å²) in [7, 11) is -3.28. The van der Waals surface area contributed by atoms with Crippen LogP contribution in [0.3, 0.4) is 0 Å². The number of aliphatic carboxylic acids is 1. The predicted molar refractivity (Wildman–Crippen MR) is 207 cm³/mol. The second-order valence-electron chi connectivity index (χ2n) is 13.1. The van der Waals surface area contributed by atoms with Crippen molar-refractivity contribution >= 4 is 58.6 Å². The van der Waals surface area contributed by atoms with Crippen molar-refractivity contribution < 1.29 is 34.8 Å². The number of hydrogen-bond donors (Lipinski definition) is 6. The molecular weight excluding hydrogens is 656 g/mol. The fourth-order valence-electron chi connectivity index (χ4n) is 6.78. The molecule has 0 heterocycles. The van der Waals surface area contributed by atoms with E-state index in [0.29, 0.717) is 67.8 Å². The van der Waals surface area contributed by atoms with Crippen LogP contribution in [0.5, 0.6) is 0 Å². The Labute approximate surface area is 304 Å². The molecule has 52 heavy (non-hydrogen) atoms. The molecule has 268 valence electrons. The topological polar surface area (TPSA) is 154 Å². The number of carbonyl (C=O) groups excluding carboxylic acids is 1. The number of nitrogens with zero attached hydrogens (tertiary/aromatic N) is 2. The van der Waals surface area contributed by atoms with E-state index in [4.69, 9.17) is 0 Å². The third-order valence-corrected chi connectivity index (χ3v) is 9.34. The molecule has 0 aliphatic rings. The van der Waals surface area contributed by atoms with Crippen molar-refractivity contribution in [2.75, 3.05) is 19.6 Å². The van der Waals surface area contributed by atoms with Crippen molar-refractivity contribution in [3.8, 4) is 0 Å². The maximum absolute atomic E-state index is 12.2. The Kier molecular flexibility index (Phi) is 13.4. The lowest BCUT2D eigenvalue weighted by molar-refractivity contribution is -0.137. The Hall–Kier alpha value is -4.81. The van der Waals surface area contributed by atoms with Gasteiger partial charge in [0.1, 0.15) is 0 Å². The van der Waals surface area contributed by atoms with Gasteiger partial charge in [-0.3, -0.25) is 19.4 Å². The monoisotopic (exact) mass is 701 g/mol. The van der Waals surface area contributed by atoms with E-state index in [1.165, 1.54) is 0 Å². The highest BCUT2D eigenvalue weighted by Gasteiger charge is 2.23. The molecule has 0 fully saturated rings. The molecule has 1 amide bonds. The molecule has 0 spiro atoms. The molecule has 12 heteroatoms. The Balaban J connectivity index is 1.56. The van der Waals surface area contributed by atoms with Crippen molar-refractivity contribution in [3.63, 3.8) is 0 Å². The minimum atomic E-state index is -1.66. The van der Waals surface area contributed by atoms with Gasteiger partial charge in [0.25, 0.3) is 0 Å². The van der Waals surface area contributed by atoms with Crippen LogP contribution in [0.25, 0.3) is 21.5 Å². The Bertz CT molecular complexity index is 1980. The third-order valence-electron chi connectivity index (χ3n) is 9.34. The quantitative estimate of drug-likeness (QED) is 0.0351. The van der Waals surface area contributed by atoms with E-state index in [1.807, 2.05) is 53.4 Å². The van der Waals surface area contributed by atoms with Crippen molar-refractivity contribution in [2.24, 2.45) is 0 Å². The van der Waals surface area contributed by atoms with Crippen molar-refractivity contribution in [2.45, 2.75) is 45.9 Å². The molecule has 0 saturated heterocycles. The summed E-state index contributed by atoms with van der Waals surface area (Å²) in [6.45, 7) is 8.39. The van der Waals surface area contributed by atoms with E-state index in [-0.39, 0.29) is 18.9 Å². The maximum atomic E-state index is 12.2. The fraction of sp³-hybridized carbons (Fsp3) is 0.250. The molecule has 0 unspecified atom stereocenters. The zero-order chi connectivity index (χ0) is 37.2. The second-order valence-corrected chi connectivity index (χ2v) is 13.1. The van der Waals surface area contributed by atoms with Crippen molar-refractivity contribution in [1.29, 1.82) is 0 Å². The number of carbonyl (C=O) groups is 2. The Morgan fingerprint density at radius 3 is 1.44 bits per heavy atom. The summed E-state index contributed by atoms with van der Waals surface area (Å²) in [6.07, 6.45) is 0.572. The van der Waals surface area contributed by atoms with Crippen LogP contribution in [-0.2, 0) is 35.8 Å². The zero-order valence-corrected chi connectivity index (χ0v) is 29.4. The first-order chi connectivity index (χ1) is 25.0. The molecule has 5 aromatic carbocycles. The van der Waals surface area contributed by atoms with Gasteiger partial charge in [0, 0.05) is 51.4 Å². The van der Waals surface area contributed by atoms with E-state index in [0.717, 1.165) is 38.2 Å². The number of rotatable bonds is 18. The van der Waals surface area contributed by atoms with Gasteiger partial charge in [0.2, 0.25) is 5.91 Å². The predicted octanol–water partition coefficient (Wildman–Crippen LogP) is 2.91. The van der Waals surface area contributed by atoms with Crippen LogP contribution in [0.1, 0.15) is 42.0 Å². The first kappa shape index (κ1) is 38.4. The summed E-state index contributed by atoms with van der Waals surface area (Å²) in [5.74, 6) is -1.11. The first-order valence-electron chi connectivity index (χ1n) is 17.4. The van der Waals surface area contributed by atoms with Crippen LogP contribution >= 0.6 is 0 Å². The molecule has 0 bridgehead atoms. The van der Waals surface area contributed by atoms with Crippen molar-refractivity contribution in [3.05, 3.63) is 131 Å². The highest BCUT2D eigenvalue weighted by Crippen LogP contribution is 2.35. The van der Waals surface area contributed by atoms with Gasteiger partial charge >= 0.3 is 20.2 Å². The third kappa shape index (κ3) is 9.74. The van der Waals surface area contributed by atoms with Crippen LogP contribution in [0.4, 0.5) is 0 Å². The maximum Gasteiger partial charge on any atom is 0.488 e. The van der Waals surface area contributed by atoms with Gasteiger partial charge in [-0.05, 0) is 68.1 Å². The number of benzene rings is 5. The summed E-state index contributed by atoms with van der Waals surface area (Å²) < 4.78 is 0.